The topological polar surface area (TPSA) is 57.6 Å². The Morgan fingerprint density at radius 2 is 1.94 bits per heavy atom. The maximum absolute atomic E-state index is 12.1. The average molecular weight is 306 g/mol. The molecule has 0 aromatic carbocycles. The fraction of sp³-hybridized carbons (Fsp3) is 0.833. The molecule has 5 heteroatoms. The van der Waals surface area contributed by atoms with Crippen molar-refractivity contribution in [3.05, 3.63) is 0 Å². The normalized spacial score (nSPS) is 36.9. The van der Waals surface area contributed by atoms with Gasteiger partial charge in [0, 0.05) is 30.8 Å². The number of rotatable bonds is 3. The van der Waals surface area contributed by atoms with Crippen molar-refractivity contribution in [1.82, 2.24) is 4.90 Å². The molecule has 1 saturated carbocycles. The van der Waals surface area contributed by atoms with E-state index in [9.17, 15) is 14.7 Å². The van der Waals surface area contributed by atoms with Gasteiger partial charge in [0.25, 0.3) is 0 Å². The quantitative estimate of drug-likeness (QED) is 0.811. The highest BCUT2D eigenvalue weighted by Gasteiger charge is 2.60. The van der Waals surface area contributed by atoms with Crippen molar-refractivity contribution < 1.29 is 14.7 Å². The van der Waals surface area contributed by atoms with Crippen LogP contribution >= 0.6 is 15.9 Å². The molecule has 1 aliphatic carbocycles. The van der Waals surface area contributed by atoms with Crippen molar-refractivity contribution in [2.75, 3.05) is 19.4 Å². The van der Waals surface area contributed by atoms with Crippen LogP contribution in [0.25, 0.3) is 0 Å². The summed E-state index contributed by atoms with van der Waals surface area (Å²) in [6.45, 7) is 3.65. The monoisotopic (exact) mass is 305 g/mol. The number of carboxylic acids is 1. The number of alkyl halides is 1. The minimum atomic E-state index is -0.840. The van der Waals surface area contributed by atoms with Crippen molar-refractivity contribution in [2.24, 2.45) is 16.7 Å². The van der Waals surface area contributed by atoms with Gasteiger partial charge >= 0.3 is 5.97 Å². The molecule has 98 valence electrons. The summed E-state index contributed by atoms with van der Waals surface area (Å²) in [5.74, 6) is -1.01. The SMILES string of the molecule is CN(C)C(=O)[C@H]1CC[C@@](C)(C(=O)O)[C@@]1(C)CBr. The number of halogens is 1. The fourth-order valence-corrected chi connectivity index (χ4v) is 3.73. The Hall–Kier alpha value is -0.580. The summed E-state index contributed by atoms with van der Waals surface area (Å²) < 4.78 is 0. The van der Waals surface area contributed by atoms with E-state index in [4.69, 9.17) is 0 Å². The highest BCUT2D eigenvalue weighted by Crippen LogP contribution is 2.57. The van der Waals surface area contributed by atoms with Crippen LogP contribution in [0.5, 0.6) is 0 Å². The van der Waals surface area contributed by atoms with Crippen molar-refractivity contribution >= 4 is 27.8 Å². The first-order chi connectivity index (χ1) is 7.70. The van der Waals surface area contributed by atoms with E-state index in [1.165, 1.54) is 0 Å². The lowest BCUT2D eigenvalue weighted by atomic mass is 9.65. The summed E-state index contributed by atoms with van der Waals surface area (Å²) in [6, 6.07) is 0. The Kier molecular flexibility index (Phi) is 3.91. The Morgan fingerprint density at radius 1 is 1.41 bits per heavy atom. The number of amides is 1. The van der Waals surface area contributed by atoms with E-state index in [1.54, 1.807) is 25.9 Å². The van der Waals surface area contributed by atoms with Gasteiger partial charge in [0.2, 0.25) is 5.91 Å². The van der Waals surface area contributed by atoms with E-state index in [0.29, 0.717) is 18.2 Å². The smallest absolute Gasteiger partial charge is 0.309 e. The number of carbonyl (C=O) groups excluding carboxylic acids is 1. The molecule has 0 heterocycles. The van der Waals surface area contributed by atoms with E-state index >= 15 is 0 Å². The summed E-state index contributed by atoms with van der Waals surface area (Å²) in [5.41, 5.74) is -1.38. The lowest BCUT2D eigenvalue weighted by Gasteiger charge is -2.40. The van der Waals surface area contributed by atoms with E-state index in [1.807, 2.05) is 6.92 Å². The van der Waals surface area contributed by atoms with Crippen LogP contribution in [0.4, 0.5) is 0 Å². The summed E-state index contributed by atoms with van der Waals surface area (Å²) in [6.07, 6.45) is 1.19. The second kappa shape index (κ2) is 4.59. The van der Waals surface area contributed by atoms with Gasteiger partial charge in [-0.25, -0.2) is 0 Å². The molecular formula is C12H20BrNO3. The number of nitrogens with zero attached hydrogens (tertiary/aromatic N) is 1. The molecule has 17 heavy (non-hydrogen) atoms. The largest absolute Gasteiger partial charge is 0.481 e. The summed E-state index contributed by atoms with van der Waals surface area (Å²) >= 11 is 3.40. The maximum atomic E-state index is 12.1. The predicted molar refractivity (Wildman–Crippen MR) is 69.1 cm³/mol. The van der Waals surface area contributed by atoms with Crippen LogP contribution in [0.1, 0.15) is 26.7 Å². The number of hydrogen-bond donors (Lipinski definition) is 1. The highest BCUT2D eigenvalue weighted by molar-refractivity contribution is 9.09. The van der Waals surface area contributed by atoms with Crippen LogP contribution < -0.4 is 0 Å². The summed E-state index contributed by atoms with van der Waals surface area (Å²) in [4.78, 5) is 25.2. The third-order valence-electron chi connectivity index (χ3n) is 4.45. The van der Waals surface area contributed by atoms with Gasteiger partial charge in [-0.1, -0.05) is 22.9 Å². The van der Waals surface area contributed by atoms with Crippen LogP contribution in [-0.4, -0.2) is 41.3 Å². The Morgan fingerprint density at radius 3 is 2.29 bits per heavy atom. The van der Waals surface area contributed by atoms with Gasteiger partial charge in [-0.3, -0.25) is 9.59 Å². The minimum absolute atomic E-state index is 0.0249. The first-order valence-corrected chi connectivity index (χ1v) is 6.83. The number of carboxylic acid groups (broad SMARTS) is 1. The summed E-state index contributed by atoms with van der Waals surface area (Å²) in [7, 11) is 3.43. The molecule has 1 fully saturated rings. The Labute approximate surface area is 110 Å². The lowest BCUT2D eigenvalue weighted by Crippen LogP contribution is -2.48. The zero-order chi connectivity index (χ0) is 13.4. The molecule has 0 spiro atoms. The standard InChI is InChI=1S/C12H20BrNO3/c1-11(10(16)17)6-5-8(9(15)14(3)4)12(11,2)7-13/h8H,5-7H2,1-4H3,(H,16,17)/t8-,11+,12+/m1/s1. The van der Waals surface area contributed by atoms with Crippen LogP contribution in [0.15, 0.2) is 0 Å². The van der Waals surface area contributed by atoms with E-state index in [-0.39, 0.29) is 11.8 Å². The van der Waals surface area contributed by atoms with Gasteiger partial charge in [0.15, 0.2) is 0 Å². The summed E-state index contributed by atoms with van der Waals surface area (Å²) in [5, 5.41) is 9.95. The number of carbonyl (C=O) groups is 2. The zero-order valence-corrected chi connectivity index (χ0v) is 12.4. The number of aliphatic carboxylic acids is 1. The van der Waals surface area contributed by atoms with E-state index < -0.39 is 16.8 Å². The molecule has 1 N–H and O–H groups in total. The van der Waals surface area contributed by atoms with E-state index in [2.05, 4.69) is 15.9 Å². The highest BCUT2D eigenvalue weighted by atomic mass is 79.9. The molecule has 1 aliphatic rings. The van der Waals surface area contributed by atoms with Crippen LogP contribution in [0, 0.1) is 16.7 Å². The van der Waals surface area contributed by atoms with Gasteiger partial charge in [-0.2, -0.15) is 0 Å². The molecule has 0 saturated heterocycles. The van der Waals surface area contributed by atoms with Crippen molar-refractivity contribution in [3.8, 4) is 0 Å². The maximum Gasteiger partial charge on any atom is 0.309 e. The van der Waals surface area contributed by atoms with Gasteiger partial charge < -0.3 is 10.0 Å². The van der Waals surface area contributed by atoms with Gasteiger partial charge in [0.05, 0.1) is 5.41 Å². The third kappa shape index (κ3) is 1.98. The second-order valence-electron chi connectivity index (χ2n) is 5.51. The van der Waals surface area contributed by atoms with Crippen LogP contribution in [-0.2, 0) is 9.59 Å². The first kappa shape index (κ1) is 14.5. The average Bonchev–Trinajstić information content (AvgIpc) is 2.53. The molecule has 3 atom stereocenters. The molecule has 1 amide bonds. The van der Waals surface area contributed by atoms with Gasteiger partial charge in [-0.05, 0) is 19.8 Å². The molecule has 0 unspecified atom stereocenters. The van der Waals surface area contributed by atoms with Crippen molar-refractivity contribution in [2.45, 2.75) is 26.7 Å². The van der Waals surface area contributed by atoms with Crippen LogP contribution in [0.2, 0.25) is 0 Å². The van der Waals surface area contributed by atoms with E-state index in [0.717, 1.165) is 0 Å². The Balaban J connectivity index is 3.15. The predicted octanol–water partition coefficient (Wildman–Crippen LogP) is 1.98. The molecule has 0 bridgehead atoms. The first-order valence-electron chi connectivity index (χ1n) is 5.71. The molecule has 0 radical (unpaired) electrons. The molecule has 4 nitrogen and oxygen atoms in total. The second-order valence-corrected chi connectivity index (χ2v) is 6.07. The molecule has 0 aromatic rings. The molecular weight excluding hydrogens is 286 g/mol. The van der Waals surface area contributed by atoms with Crippen molar-refractivity contribution in [3.63, 3.8) is 0 Å². The van der Waals surface area contributed by atoms with Gasteiger partial charge in [0.1, 0.15) is 0 Å². The van der Waals surface area contributed by atoms with Crippen LogP contribution in [0.3, 0.4) is 0 Å². The van der Waals surface area contributed by atoms with Gasteiger partial charge in [-0.15, -0.1) is 0 Å². The zero-order valence-electron chi connectivity index (χ0n) is 10.8. The Bertz CT molecular complexity index is 345. The van der Waals surface area contributed by atoms with Crippen molar-refractivity contribution in [1.29, 1.82) is 0 Å². The lowest BCUT2D eigenvalue weighted by molar-refractivity contribution is -0.155. The fourth-order valence-electron chi connectivity index (χ4n) is 2.72. The number of hydrogen-bond acceptors (Lipinski definition) is 2. The molecule has 0 aromatic heterocycles. The third-order valence-corrected chi connectivity index (χ3v) is 5.62. The minimum Gasteiger partial charge on any atom is -0.481 e. The molecule has 0 aliphatic heterocycles. The molecule has 1 rings (SSSR count).